The van der Waals surface area contributed by atoms with E-state index >= 15 is 0 Å². The van der Waals surface area contributed by atoms with E-state index < -0.39 is 27.9 Å². The van der Waals surface area contributed by atoms with Gasteiger partial charge in [-0.1, -0.05) is 59.0 Å². The van der Waals surface area contributed by atoms with Crippen LogP contribution in [0.15, 0.2) is 35.1 Å². The number of esters is 1. The number of carbonyl (C=O) groups is 1. The van der Waals surface area contributed by atoms with Gasteiger partial charge in [-0.05, 0) is 44.3 Å². The molecular formula is C26H29N2O6PSi. The Kier molecular flexibility index (Phi) is 5.65. The molecule has 0 spiro atoms. The van der Waals surface area contributed by atoms with Crippen LogP contribution >= 0.6 is 8.25 Å². The van der Waals surface area contributed by atoms with Crippen molar-refractivity contribution in [3.8, 4) is 11.4 Å². The molecule has 1 aromatic carbocycles. The molecule has 0 amide bonds. The van der Waals surface area contributed by atoms with Crippen LogP contribution in [0.1, 0.15) is 50.8 Å². The third kappa shape index (κ3) is 3.37. The number of cyclic esters (lactones) is 1. The van der Waals surface area contributed by atoms with E-state index in [1.807, 2.05) is 18.2 Å². The van der Waals surface area contributed by atoms with Gasteiger partial charge in [-0.3, -0.25) is 4.79 Å². The molecule has 36 heavy (non-hydrogen) atoms. The molecule has 3 aromatic rings. The standard InChI is InChI=1S/C26H29N2O6PSi/c1-7-26(34-35(31)32)18-12-20-21-16(13-28(20)23(29)17(18)14-33-24(26)30)22(36(5,6)25(2,3)4)15-10-8-9-11-19(15)27-21/h8-12H,7,13-14H2,1-6H3/t26-/m0/s1. The van der Waals surface area contributed by atoms with Crippen LogP contribution in [0.3, 0.4) is 0 Å². The fourth-order valence-corrected chi connectivity index (χ4v) is 8.53. The van der Waals surface area contributed by atoms with Gasteiger partial charge in [0.25, 0.3) is 5.56 Å². The lowest BCUT2D eigenvalue weighted by Gasteiger charge is -2.39. The number of rotatable bonds is 4. The number of para-hydroxylation sites is 1. The first-order chi connectivity index (χ1) is 16.8. The summed E-state index contributed by atoms with van der Waals surface area (Å²) >= 11 is 0. The second kappa shape index (κ2) is 8.15. The molecule has 10 heteroatoms. The SMILES string of the molecule is CC[C@@]1(O[P+](=O)[O-])C(=O)OCc2c1cc1n(c2=O)Cc2c-1nc1ccccc1c2[Si](C)(C)C(C)(C)C. The number of benzene rings is 1. The van der Waals surface area contributed by atoms with Crippen LogP contribution in [0.25, 0.3) is 22.3 Å². The van der Waals surface area contributed by atoms with Crippen molar-refractivity contribution in [2.24, 2.45) is 0 Å². The van der Waals surface area contributed by atoms with Crippen molar-refractivity contribution in [3.05, 3.63) is 57.4 Å². The molecule has 4 heterocycles. The maximum Gasteiger partial charge on any atom is 0.490 e. The van der Waals surface area contributed by atoms with E-state index in [2.05, 4.69) is 39.9 Å². The molecular weight excluding hydrogens is 495 g/mol. The largest absolute Gasteiger partial charge is 0.566 e. The molecule has 0 aliphatic carbocycles. The van der Waals surface area contributed by atoms with Crippen molar-refractivity contribution in [1.82, 2.24) is 9.55 Å². The molecule has 1 unspecified atom stereocenters. The van der Waals surface area contributed by atoms with Crippen molar-refractivity contribution in [3.63, 3.8) is 0 Å². The zero-order valence-corrected chi connectivity index (χ0v) is 23.2. The number of nitrogens with zero attached hydrogens (tertiary/aromatic N) is 2. The molecule has 0 N–H and O–H groups in total. The number of hydrogen-bond donors (Lipinski definition) is 0. The van der Waals surface area contributed by atoms with Gasteiger partial charge in [-0.2, -0.15) is 0 Å². The van der Waals surface area contributed by atoms with E-state index in [0.29, 0.717) is 17.9 Å². The minimum atomic E-state index is -3.37. The number of carbonyl (C=O) groups excluding carboxylic acids is 1. The molecule has 2 aromatic heterocycles. The van der Waals surface area contributed by atoms with Crippen LogP contribution in [-0.2, 0) is 37.4 Å². The van der Waals surface area contributed by atoms with Gasteiger partial charge in [0.05, 0.1) is 37.1 Å². The average Bonchev–Trinajstić information content (AvgIpc) is 3.16. The molecule has 0 bridgehead atoms. The molecule has 0 saturated carbocycles. The maximum absolute atomic E-state index is 13.8. The van der Waals surface area contributed by atoms with Gasteiger partial charge in [0.15, 0.2) is 0 Å². The lowest BCUT2D eigenvalue weighted by Crippen LogP contribution is -2.51. The van der Waals surface area contributed by atoms with Crippen molar-refractivity contribution in [2.45, 2.75) is 71.0 Å². The summed E-state index contributed by atoms with van der Waals surface area (Å²) in [5.74, 6) is -0.812. The van der Waals surface area contributed by atoms with Gasteiger partial charge in [-0.25, -0.2) is 9.78 Å². The molecule has 8 nitrogen and oxygen atoms in total. The average molecular weight is 525 g/mol. The fourth-order valence-electron chi connectivity index (χ4n) is 5.38. The highest BCUT2D eigenvalue weighted by Crippen LogP contribution is 2.45. The fraction of sp³-hybridized carbons (Fsp3) is 0.423. The van der Waals surface area contributed by atoms with Gasteiger partial charge in [0.2, 0.25) is 5.60 Å². The summed E-state index contributed by atoms with van der Waals surface area (Å²) < 4.78 is 23.7. The second-order valence-electron chi connectivity index (χ2n) is 11.1. The molecule has 0 saturated heterocycles. The highest BCUT2D eigenvalue weighted by Gasteiger charge is 2.53. The monoisotopic (exact) mass is 524 g/mol. The Labute approximate surface area is 211 Å². The Morgan fingerprint density at radius 1 is 1.22 bits per heavy atom. The Hall–Kier alpha value is -2.71. The molecule has 5 rings (SSSR count). The van der Waals surface area contributed by atoms with Crippen LogP contribution in [0.2, 0.25) is 18.1 Å². The molecule has 0 fully saturated rings. The van der Waals surface area contributed by atoms with E-state index in [1.54, 1.807) is 17.6 Å². The predicted octanol–water partition coefficient (Wildman–Crippen LogP) is 3.84. The molecule has 2 atom stereocenters. The van der Waals surface area contributed by atoms with E-state index in [-0.39, 0.29) is 34.8 Å². The summed E-state index contributed by atoms with van der Waals surface area (Å²) in [6.45, 7) is 13.2. The smallest absolute Gasteiger partial charge is 0.490 e. The first-order valence-corrected chi connectivity index (χ1v) is 16.1. The van der Waals surface area contributed by atoms with E-state index in [0.717, 1.165) is 16.5 Å². The summed E-state index contributed by atoms with van der Waals surface area (Å²) in [5, 5.41) is 2.40. The van der Waals surface area contributed by atoms with Gasteiger partial charge < -0.3 is 14.2 Å². The maximum atomic E-state index is 13.8. The summed E-state index contributed by atoms with van der Waals surface area (Å²) in [4.78, 5) is 43.2. The van der Waals surface area contributed by atoms with E-state index in [9.17, 15) is 19.0 Å². The van der Waals surface area contributed by atoms with Crippen molar-refractivity contribution in [1.29, 1.82) is 0 Å². The van der Waals surface area contributed by atoms with Gasteiger partial charge in [0, 0.05) is 5.56 Å². The van der Waals surface area contributed by atoms with Crippen LogP contribution in [-0.4, -0.2) is 23.6 Å². The van der Waals surface area contributed by atoms with Crippen LogP contribution < -0.4 is 15.6 Å². The Morgan fingerprint density at radius 3 is 2.56 bits per heavy atom. The van der Waals surface area contributed by atoms with Crippen molar-refractivity contribution in [2.75, 3.05) is 0 Å². The first-order valence-electron chi connectivity index (χ1n) is 12.0. The summed E-state index contributed by atoms with van der Waals surface area (Å²) in [6.07, 6.45) is -0.00172. The van der Waals surface area contributed by atoms with Gasteiger partial charge in [0.1, 0.15) is 6.61 Å². The van der Waals surface area contributed by atoms with E-state index in [4.69, 9.17) is 14.2 Å². The van der Waals surface area contributed by atoms with Crippen LogP contribution in [0.5, 0.6) is 0 Å². The van der Waals surface area contributed by atoms with Crippen LogP contribution in [0, 0.1) is 0 Å². The summed E-state index contributed by atoms with van der Waals surface area (Å²) in [7, 11) is -5.47. The summed E-state index contributed by atoms with van der Waals surface area (Å²) in [5.41, 5.74) is 1.40. The topological polar surface area (TPSA) is 111 Å². The molecule has 188 valence electrons. The second-order valence-corrected chi connectivity index (χ2v) is 17.0. The molecule has 2 aliphatic heterocycles. The number of hydrogen-bond acceptors (Lipinski definition) is 7. The number of ether oxygens (including phenoxy) is 1. The zero-order chi connectivity index (χ0) is 26.2. The predicted molar refractivity (Wildman–Crippen MR) is 138 cm³/mol. The quantitative estimate of drug-likeness (QED) is 0.227. The minimum Gasteiger partial charge on any atom is -0.566 e. The van der Waals surface area contributed by atoms with Crippen LogP contribution in [0.4, 0.5) is 0 Å². The minimum absolute atomic E-state index is 0.00172. The third-order valence-corrected chi connectivity index (χ3v) is 14.3. The number of aromatic nitrogens is 2. The Morgan fingerprint density at radius 2 is 1.92 bits per heavy atom. The third-order valence-electron chi connectivity index (χ3n) is 8.29. The number of fused-ring (bicyclic) bond motifs is 5. The molecule has 0 radical (unpaired) electrons. The highest BCUT2D eigenvalue weighted by molar-refractivity contribution is 7.30. The number of pyridine rings is 2. The van der Waals surface area contributed by atoms with Gasteiger partial charge in [-0.15, -0.1) is 4.52 Å². The lowest BCUT2D eigenvalue weighted by atomic mass is 9.86. The van der Waals surface area contributed by atoms with Gasteiger partial charge >= 0.3 is 14.2 Å². The highest BCUT2D eigenvalue weighted by atomic mass is 31.1. The normalized spacial score (nSPS) is 19.5. The zero-order valence-electron chi connectivity index (χ0n) is 21.3. The Bertz CT molecular complexity index is 1520. The van der Waals surface area contributed by atoms with E-state index in [1.165, 1.54) is 5.19 Å². The van der Waals surface area contributed by atoms with Crippen molar-refractivity contribution < 1.29 is 23.5 Å². The lowest BCUT2D eigenvalue weighted by molar-refractivity contribution is -0.207. The first kappa shape index (κ1) is 25.0. The summed E-state index contributed by atoms with van der Waals surface area (Å²) in [6, 6.07) is 9.75. The molecule has 2 aliphatic rings. The van der Waals surface area contributed by atoms with Crippen molar-refractivity contribution >= 4 is 38.4 Å². The Balaban J connectivity index is 1.86.